The molecule has 0 radical (unpaired) electrons. The van der Waals surface area contributed by atoms with Crippen molar-refractivity contribution in [2.24, 2.45) is 0 Å². The number of hydrogen-bond acceptors (Lipinski definition) is 3. The lowest BCUT2D eigenvalue weighted by atomic mass is 9.77. The second-order valence-electron chi connectivity index (χ2n) is 7.77. The van der Waals surface area contributed by atoms with Crippen LogP contribution in [0.5, 0.6) is 0 Å². The molecule has 0 N–H and O–H groups in total. The van der Waals surface area contributed by atoms with Crippen molar-refractivity contribution in [2.45, 2.75) is 57.2 Å². The number of carbonyl (C=O) groups is 2. The number of rotatable bonds is 3. The Morgan fingerprint density at radius 1 is 1.08 bits per heavy atom. The predicted octanol–water partition coefficient (Wildman–Crippen LogP) is 2.48. The van der Waals surface area contributed by atoms with E-state index in [2.05, 4.69) is 24.3 Å². The van der Waals surface area contributed by atoms with Crippen LogP contribution in [0.3, 0.4) is 0 Å². The average Bonchev–Trinajstić information content (AvgIpc) is 2.60. The number of piperidine rings is 1. The summed E-state index contributed by atoms with van der Waals surface area (Å²) in [6.45, 7) is 5.15. The van der Waals surface area contributed by atoms with Gasteiger partial charge in [0.2, 0.25) is 11.8 Å². The highest BCUT2D eigenvalue weighted by atomic mass is 16.5. The van der Waals surface area contributed by atoms with Crippen LogP contribution in [0.1, 0.15) is 50.2 Å². The smallest absolute Gasteiger partial charge is 0.225 e. The Hall–Kier alpha value is -1.88. The van der Waals surface area contributed by atoms with Crippen LogP contribution in [0.15, 0.2) is 24.3 Å². The summed E-state index contributed by atoms with van der Waals surface area (Å²) in [5.41, 5.74) is 2.21. The molecule has 5 heteroatoms. The highest BCUT2D eigenvalue weighted by Gasteiger charge is 2.44. The normalized spacial score (nSPS) is 24.1. The zero-order valence-corrected chi connectivity index (χ0v) is 15.6. The lowest BCUT2D eigenvalue weighted by molar-refractivity contribution is -0.160. The Labute approximate surface area is 155 Å². The summed E-state index contributed by atoms with van der Waals surface area (Å²) < 4.78 is 6.61. The van der Waals surface area contributed by atoms with Crippen molar-refractivity contribution >= 4 is 11.8 Å². The molecule has 2 amide bonds. The van der Waals surface area contributed by atoms with Crippen LogP contribution in [0, 0.1) is 0 Å². The van der Waals surface area contributed by atoms with Crippen molar-refractivity contribution < 1.29 is 14.3 Å². The molecule has 4 rings (SSSR count). The quantitative estimate of drug-likeness (QED) is 0.836. The topological polar surface area (TPSA) is 49.9 Å². The van der Waals surface area contributed by atoms with E-state index < -0.39 is 0 Å². The fraction of sp³-hybridized carbons (Fsp3) is 0.619. The maximum Gasteiger partial charge on any atom is 0.225 e. The molecule has 1 atom stereocenters. The summed E-state index contributed by atoms with van der Waals surface area (Å²) in [6, 6.07) is 8.48. The number of fused-ring (bicyclic) bond motifs is 2. The second kappa shape index (κ2) is 7.03. The predicted molar refractivity (Wildman–Crippen MR) is 98.6 cm³/mol. The summed E-state index contributed by atoms with van der Waals surface area (Å²) in [7, 11) is 0. The van der Waals surface area contributed by atoms with E-state index in [1.54, 1.807) is 0 Å². The number of carbonyl (C=O) groups excluding carboxylic acids is 2. The van der Waals surface area contributed by atoms with E-state index in [1.807, 2.05) is 16.7 Å². The molecule has 3 aliphatic heterocycles. The van der Waals surface area contributed by atoms with E-state index in [-0.39, 0.29) is 23.5 Å². The first-order chi connectivity index (χ1) is 12.6. The minimum absolute atomic E-state index is 0.0635. The van der Waals surface area contributed by atoms with Gasteiger partial charge in [-0.25, -0.2) is 0 Å². The number of hydrogen-bond donors (Lipinski definition) is 0. The molecule has 26 heavy (non-hydrogen) atoms. The van der Waals surface area contributed by atoms with Crippen LogP contribution in [0.2, 0.25) is 0 Å². The van der Waals surface area contributed by atoms with Crippen LogP contribution >= 0.6 is 0 Å². The number of amides is 2. The molecule has 1 aromatic rings. The molecule has 1 spiro atoms. The summed E-state index contributed by atoms with van der Waals surface area (Å²) >= 11 is 0. The van der Waals surface area contributed by atoms with Crippen LogP contribution in [-0.4, -0.2) is 53.9 Å². The van der Waals surface area contributed by atoms with E-state index in [9.17, 15) is 9.59 Å². The highest BCUT2D eigenvalue weighted by Crippen LogP contribution is 2.44. The number of likely N-dealkylation sites (tertiary alicyclic amines) is 2. The molecule has 5 nitrogen and oxygen atoms in total. The Morgan fingerprint density at radius 2 is 1.77 bits per heavy atom. The molecular weight excluding hydrogens is 328 g/mol. The molecule has 2 saturated heterocycles. The fourth-order valence-corrected chi connectivity index (χ4v) is 4.54. The van der Waals surface area contributed by atoms with E-state index in [0.29, 0.717) is 12.8 Å². The third-order valence-corrected chi connectivity index (χ3v) is 6.19. The van der Waals surface area contributed by atoms with Crippen molar-refractivity contribution in [3.8, 4) is 0 Å². The van der Waals surface area contributed by atoms with Crippen molar-refractivity contribution in [1.82, 2.24) is 9.80 Å². The van der Waals surface area contributed by atoms with Gasteiger partial charge in [0.1, 0.15) is 0 Å². The molecule has 0 saturated carbocycles. The second-order valence-corrected chi connectivity index (χ2v) is 7.77. The van der Waals surface area contributed by atoms with E-state index in [0.717, 1.165) is 51.9 Å². The summed E-state index contributed by atoms with van der Waals surface area (Å²) in [6.07, 6.45) is 4.49. The fourth-order valence-electron chi connectivity index (χ4n) is 4.54. The minimum Gasteiger partial charge on any atom is -0.366 e. The maximum absolute atomic E-state index is 12.5. The van der Waals surface area contributed by atoms with E-state index in [4.69, 9.17) is 4.74 Å². The Bertz CT molecular complexity index is 690. The van der Waals surface area contributed by atoms with Gasteiger partial charge in [0, 0.05) is 32.6 Å². The molecule has 1 unspecified atom stereocenters. The Morgan fingerprint density at radius 3 is 2.42 bits per heavy atom. The van der Waals surface area contributed by atoms with Gasteiger partial charge in [-0.2, -0.15) is 0 Å². The van der Waals surface area contributed by atoms with Crippen molar-refractivity contribution in [3.05, 3.63) is 35.4 Å². The lowest BCUT2D eigenvalue weighted by Crippen LogP contribution is -2.51. The van der Waals surface area contributed by atoms with Gasteiger partial charge in [-0.15, -0.1) is 0 Å². The van der Waals surface area contributed by atoms with Crippen molar-refractivity contribution in [3.63, 3.8) is 0 Å². The third kappa shape index (κ3) is 3.13. The third-order valence-electron chi connectivity index (χ3n) is 6.19. The van der Waals surface area contributed by atoms with Crippen LogP contribution in [0.25, 0.3) is 0 Å². The molecule has 1 aromatic carbocycles. The molecule has 3 heterocycles. The van der Waals surface area contributed by atoms with Crippen LogP contribution < -0.4 is 0 Å². The Kier molecular flexibility index (Phi) is 4.74. The SMILES string of the molecule is CCC(=O)N1CCC2(CC1)OC(CC(=O)N1CCC1)Cc1ccccc12. The molecule has 0 aliphatic carbocycles. The van der Waals surface area contributed by atoms with Gasteiger partial charge in [-0.05, 0) is 36.8 Å². The number of ether oxygens (including phenoxy) is 1. The highest BCUT2D eigenvalue weighted by molar-refractivity contribution is 5.77. The number of nitrogens with zero attached hydrogens (tertiary/aromatic N) is 2. The van der Waals surface area contributed by atoms with Gasteiger partial charge in [0.05, 0.1) is 18.1 Å². The molecule has 2 fully saturated rings. The first-order valence-corrected chi connectivity index (χ1v) is 9.93. The van der Waals surface area contributed by atoms with Crippen molar-refractivity contribution in [2.75, 3.05) is 26.2 Å². The van der Waals surface area contributed by atoms with E-state index in [1.165, 1.54) is 11.1 Å². The molecule has 140 valence electrons. The lowest BCUT2D eigenvalue weighted by Gasteiger charge is -2.47. The van der Waals surface area contributed by atoms with Crippen LogP contribution in [0.4, 0.5) is 0 Å². The molecule has 0 aromatic heterocycles. The first-order valence-electron chi connectivity index (χ1n) is 9.93. The zero-order chi connectivity index (χ0) is 18.1. The largest absolute Gasteiger partial charge is 0.366 e. The zero-order valence-electron chi connectivity index (χ0n) is 15.6. The van der Waals surface area contributed by atoms with Gasteiger partial charge in [-0.1, -0.05) is 31.2 Å². The molecule has 3 aliphatic rings. The molecular formula is C21H28N2O3. The summed E-state index contributed by atoms with van der Waals surface area (Å²) in [5.74, 6) is 0.433. The van der Waals surface area contributed by atoms with Gasteiger partial charge in [-0.3, -0.25) is 9.59 Å². The van der Waals surface area contributed by atoms with Gasteiger partial charge in [0.25, 0.3) is 0 Å². The van der Waals surface area contributed by atoms with Gasteiger partial charge >= 0.3 is 0 Å². The average molecular weight is 356 g/mol. The number of benzene rings is 1. The van der Waals surface area contributed by atoms with E-state index >= 15 is 0 Å². The summed E-state index contributed by atoms with van der Waals surface area (Å²) in [4.78, 5) is 28.4. The first kappa shape index (κ1) is 17.5. The van der Waals surface area contributed by atoms with Gasteiger partial charge < -0.3 is 14.5 Å². The Balaban J connectivity index is 1.53. The summed E-state index contributed by atoms with van der Waals surface area (Å²) in [5, 5.41) is 0. The van der Waals surface area contributed by atoms with Crippen molar-refractivity contribution in [1.29, 1.82) is 0 Å². The monoisotopic (exact) mass is 356 g/mol. The standard InChI is InChI=1S/C21H28N2O3/c1-2-19(24)23-12-8-21(9-13-23)18-7-4-3-6-16(18)14-17(26-21)15-20(25)22-10-5-11-22/h3-4,6-7,17H,2,5,8-15H2,1H3. The van der Waals surface area contributed by atoms with Crippen LogP contribution in [-0.2, 0) is 26.3 Å². The molecule has 0 bridgehead atoms. The minimum atomic E-state index is -0.348. The van der Waals surface area contributed by atoms with Gasteiger partial charge in [0.15, 0.2) is 0 Å². The maximum atomic E-state index is 12.5.